The highest BCUT2D eigenvalue weighted by Crippen LogP contribution is 2.32. The first-order valence-electron chi connectivity index (χ1n) is 10.3. The molecule has 1 aromatic carbocycles. The first-order valence-corrected chi connectivity index (χ1v) is 10.3. The molecule has 1 aromatic rings. The van der Waals surface area contributed by atoms with Gasteiger partial charge in [-0.1, -0.05) is 18.2 Å². The van der Waals surface area contributed by atoms with E-state index in [0.717, 1.165) is 11.3 Å². The molecule has 0 aromatic heterocycles. The van der Waals surface area contributed by atoms with Crippen LogP contribution in [0.3, 0.4) is 0 Å². The fraction of sp³-hybridized carbons (Fsp3) is 0.545. The number of hydrogen-bond acceptors (Lipinski definition) is 8. The van der Waals surface area contributed by atoms with E-state index in [1.165, 1.54) is 6.08 Å². The molecule has 0 saturated carbocycles. The van der Waals surface area contributed by atoms with E-state index in [0.29, 0.717) is 45.6 Å². The van der Waals surface area contributed by atoms with Gasteiger partial charge in [-0.2, -0.15) is 5.06 Å². The van der Waals surface area contributed by atoms with Gasteiger partial charge in [-0.05, 0) is 31.0 Å². The third-order valence-electron chi connectivity index (χ3n) is 5.08. The highest BCUT2D eigenvalue weighted by molar-refractivity contribution is 5.82. The van der Waals surface area contributed by atoms with Crippen molar-refractivity contribution in [3.63, 3.8) is 0 Å². The maximum Gasteiger partial charge on any atom is 0.337 e. The summed E-state index contributed by atoms with van der Waals surface area (Å²) in [5, 5.41) is 1.73. The van der Waals surface area contributed by atoms with E-state index in [4.69, 9.17) is 23.8 Å². The van der Waals surface area contributed by atoms with Gasteiger partial charge in [0.15, 0.2) is 6.10 Å². The third kappa shape index (κ3) is 6.04. The van der Waals surface area contributed by atoms with E-state index in [9.17, 15) is 9.59 Å². The van der Waals surface area contributed by atoms with Crippen molar-refractivity contribution in [1.29, 1.82) is 0 Å². The first-order chi connectivity index (χ1) is 14.6. The van der Waals surface area contributed by atoms with Gasteiger partial charge < -0.3 is 18.9 Å². The van der Waals surface area contributed by atoms with Crippen molar-refractivity contribution in [2.45, 2.75) is 51.0 Å². The van der Waals surface area contributed by atoms with Crippen LogP contribution in [0.25, 0.3) is 0 Å². The summed E-state index contributed by atoms with van der Waals surface area (Å²) in [6.45, 7) is 3.71. The van der Waals surface area contributed by atoms with Crippen molar-refractivity contribution >= 4 is 11.9 Å². The lowest BCUT2D eigenvalue weighted by Crippen LogP contribution is -2.31. The Kier molecular flexibility index (Phi) is 8.24. The van der Waals surface area contributed by atoms with Crippen LogP contribution in [-0.4, -0.2) is 62.1 Å². The number of benzene rings is 1. The quantitative estimate of drug-likeness (QED) is 0.325. The largest absolute Gasteiger partial charge is 0.497 e. The van der Waals surface area contributed by atoms with Crippen LogP contribution >= 0.6 is 0 Å². The summed E-state index contributed by atoms with van der Waals surface area (Å²) in [5.74, 6) is 0.0502. The lowest BCUT2D eigenvalue weighted by molar-refractivity contribution is -0.185. The van der Waals surface area contributed by atoms with Crippen molar-refractivity contribution in [3.8, 4) is 5.75 Å². The van der Waals surface area contributed by atoms with Crippen LogP contribution in [0.15, 0.2) is 36.4 Å². The summed E-state index contributed by atoms with van der Waals surface area (Å²) in [4.78, 5) is 29.6. The Morgan fingerprint density at radius 3 is 2.80 bits per heavy atom. The van der Waals surface area contributed by atoms with Crippen molar-refractivity contribution in [1.82, 2.24) is 5.06 Å². The van der Waals surface area contributed by atoms with Gasteiger partial charge in [0.2, 0.25) is 0 Å². The van der Waals surface area contributed by atoms with E-state index < -0.39 is 12.1 Å². The molecule has 8 heteroatoms. The predicted octanol–water partition coefficient (Wildman–Crippen LogP) is 2.41. The number of esters is 2. The molecule has 0 amide bonds. The number of fused-ring (bicyclic) bond motifs is 1. The van der Waals surface area contributed by atoms with E-state index in [2.05, 4.69) is 0 Å². The summed E-state index contributed by atoms with van der Waals surface area (Å²) >= 11 is 0. The zero-order valence-corrected chi connectivity index (χ0v) is 17.5. The molecule has 2 aliphatic heterocycles. The minimum atomic E-state index is -0.616. The Hall–Kier alpha value is -2.42. The number of nitrogens with zero attached hydrogens (tertiary/aromatic N) is 1. The zero-order valence-electron chi connectivity index (χ0n) is 17.5. The number of carbonyl (C=O) groups is 2. The molecule has 0 radical (unpaired) electrons. The lowest BCUT2D eigenvalue weighted by atomic mass is 10.1. The highest BCUT2D eigenvalue weighted by Gasteiger charge is 2.47. The third-order valence-corrected chi connectivity index (χ3v) is 5.08. The molecule has 164 valence electrons. The molecule has 0 N–H and O–H groups in total. The average Bonchev–Trinajstić information content (AvgIpc) is 3.33. The molecule has 2 saturated heterocycles. The van der Waals surface area contributed by atoms with Crippen LogP contribution in [-0.2, 0) is 35.2 Å². The highest BCUT2D eigenvalue weighted by atomic mass is 16.7. The fourth-order valence-corrected chi connectivity index (χ4v) is 3.57. The molecular formula is C22H29NO7. The van der Waals surface area contributed by atoms with Gasteiger partial charge in [0.25, 0.3) is 0 Å². The Balaban J connectivity index is 1.33. The van der Waals surface area contributed by atoms with Gasteiger partial charge >= 0.3 is 11.9 Å². The second-order valence-electron chi connectivity index (χ2n) is 7.15. The Labute approximate surface area is 176 Å². The Morgan fingerprint density at radius 1 is 1.27 bits per heavy atom. The predicted molar refractivity (Wildman–Crippen MR) is 108 cm³/mol. The molecular weight excluding hydrogens is 390 g/mol. The molecule has 8 nitrogen and oxygen atoms in total. The van der Waals surface area contributed by atoms with Gasteiger partial charge in [0.05, 0.1) is 33.0 Å². The van der Waals surface area contributed by atoms with E-state index in [1.54, 1.807) is 25.2 Å². The number of hydroxylamine groups is 2. The standard InChI is InChI=1S/C22H29NO7/c1-3-28-22(25)20-14-18-19(11-12-23(18)30-20)29-21(24)6-4-5-13-27-15-16-7-9-17(26-2)10-8-16/h4,6-10,18-20H,3,5,11-15H2,1-2H3/b6-4+/t18-,19+,20?/m1/s1. The normalized spacial score (nSPS) is 23.5. The maximum atomic E-state index is 12.1. The smallest absolute Gasteiger partial charge is 0.337 e. The molecule has 0 spiro atoms. The maximum absolute atomic E-state index is 12.1. The van der Waals surface area contributed by atoms with Gasteiger partial charge in [-0.25, -0.2) is 9.59 Å². The summed E-state index contributed by atoms with van der Waals surface area (Å²) in [5.41, 5.74) is 1.06. The van der Waals surface area contributed by atoms with Crippen LogP contribution < -0.4 is 4.74 Å². The molecule has 2 aliphatic rings. The van der Waals surface area contributed by atoms with Crippen LogP contribution in [0.1, 0.15) is 31.7 Å². The van der Waals surface area contributed by atoms with Crippen LogP contribution in [0.5, 0.6) is 5.75 Å². The summed E-state index contributed by atoms with van der Waals surface area (Å²) in [6, 6.07) is 7.59. The minimum Gasteiger partial charge on any atom is -0.497 e. The summed E-state index contributed by atoms with van der Waals surface area (Å²) in [7, 11) is 1.63. The lowest BCUT2D eigenvalue weighted by Gasteiger charge is -2.17. The summed E-state index contributed by atoms with van der Waals surface area (Å²) < 4.78 is 21.3. The topological polar surface area (TPSA) is 83.5 Å². The summed E-state index contributed by atoms with van der Waals surface area (Å²) in [6.07, 6.45) is 4.04. The number of ether oxygens (including phenoxy) is 4. The van der Waals surface area contributed by atoms with Gasteiger partial charge in [-0.3, -0.25) is 4.84 Å². The molecule has 0 bridgehead atoms. The van der Waals surface area contributed by atoms with E-state index in [1.807, 2.05) is 24.3 Å². The van der Waals surface area contributed by atoms with Gasteiger partial charge in [0, 0.05) is 25.5 Å². The molecule has 3 rings (SSSR count). The van der Waals surface area contributed by atoms with Crippen molar-refractivity contribution in [3.05, 3.63) is 42.0 Å². The number of carbonyl (C=O) groups excluding carboxylic acids is 2. The number of methoxy groups -OCH3 is 1. The van der Waals surface area contributed by atoms with Crippen molar-refractivity contribution in [2.24, 2.45) is 0 Å². The first kappa shape index (κ1) is 22.3. The molecule has 3 atom stereocenters. The van der Waals surface area contributed by atoms with Crippen LogP contribution in [0.2, 0.25) is 0 Å². The monoisotopic (exact) mass is 419 g/mol. The van der Waals surface area contributed by atoms with E-state index >= 15 is 0 Å². The zero-order chi connectivity index (χ0) is 21.3. The Bertz CT molecular complexity index is 734. The van der Waals surface area contributed by atoms with Crippen LogP contribution in [0, 0.1) is 0 Å². The second kappa shape index (κ2) is 11.1. The average molecular weight is 419 g/mol. The van der Waals surface area contributed by atoms with Crippen LogP contribution in [0.4, 0.5) is 0 Å². The number of rotatable bonds is 10. The van der Waals surface area contributed by atoms with Crippen molar-refractivity contribution in [2.75, 3.05) is 26.9 Å². The number of hydrogen-bond donors (Lipinski definition) is 0. The SMILES string of the molecule is CCOC(=O)C1C[C@@H]2[C@@H](OC(=O)/C=C/CCOCc3ccc(OC)cc3)CCN2O1. The van der Waals surface area contributed by atoms with E-state index in [-0.39, 0.29) is 18.1 Å². The Morgan fingerprint density at radius 2 is 2.07 bits per heavy atom. The van der Waals surface area contributed by atoms with Gasteiger partial charge in [0.1, 0.15) is 11.9 Å². The molecule has 1 unspecified atom stereocenters. The fourth-order valence-electron chi connectivity index (χ4n) is 3.57. The minimum absolute atomic E-state index is 0.107. The molecule has 0 aliphatic carbocycles. The molecule has 30 heavy (non-hydrogen) atoms. The second-order valence-corrected chi connectivity index (χ2v) is 7.15. The molecule has 2 heterocycles. The van der Waals surface area contributed by atoms with Crippen molar-refractivity contribution < 1.29 is 33.4 Å². The molecule has 2 fully saturated rings. The van der Waals surface area contributed by atoms with Gasteiger partial charge in [-0.15, -0.1) is 0 Å².